The van der Waals surface area contributed by atoms with Crippen LogP contribution in [0.25, 0.3) is 0 Å². The van der Waals surface area contributed by atoms with Gasteiger partial charge in [-0.05, 0) is 42.7 Å². The van der Waals surface area contributed by atoms with Crippen LogP contribution >= 0.6 is 0 Å². The van der Waals surface area contributed by atoms with Crippen molar-refractivity contribution in [1.29, 1.82) is 0 Å². The van der Waals surface area contributed by atoms with Gasteiger partial charge in [0.05, 0.1) is 5.56 Å². The molecule has 0 nitrogen and oxygen atoms in total. The molecule has 0 aromatic heterocycles. The molecule has 0 heterocycles. The zero-order valence-corrected chi connectivity index (χ0v) is 12.8. The van der Waals surface area contributed by atoms with Gasteiger partial charge in [-0.3, -0.25) is 0 Å². The molecule has 0 radical (unpaired) electrons. The molecule has 0 aliphatic heterocycles. The lowest BCUT2D eigenvalue weighted by atomic mass is 10.0. The van der Waals surface area contributed by atoms with Crippen LogP contribution in [0, 0.1) is 23.5 Å². The Morgan fingerprint density at radius 1 is 0.864 bits per heavy atom. The van der Waals surface area contributed by atoms with Gasteiger partial charge in [-0.1, -0.05) is 50.2 Å². The molecule has 0 saturated heterocycles. The zero-order valence-electron chi connectivity index (χ0n) is 12.8. The minimum absolute atomic E-state index is 0.213. The molecule has 0 aliphatic carbocycles. The Kier molecular flexibility index (Phi) is 6.15. The first-order chi connectivity index (χ1) is 10.7. The highest BCUT2D eigenvalue weighted by Crippen LogP contribution is 2.11. The average Bonchev–Trinajstić information content (AvgIpc) is 2.52. The Balaban J connectivity index is 1.98. The van der Waals surface area contributed by atoms with E-state index < -0.39 is 11.6 Å². The predicted octanol–water partition coefficient (Wildman–Crippen LogP) is 5.49. The van der Waals surface area contributed by atoms with Crippen LogP contribution in [0.3, 0.4) is 0 Å². The van der Waals surface area contributed by atoms with Crippen LogP contribution < -0.4 is 0 Å². The van der Waals surface area contributed by atoms with Gasteiger partial charge in [0.15, 0.2) is 0 Å². The summed E-state index contributed by atoms with van der Waals surface area (Å²) in [5, 5.41) is 0. The smallest absolute Gasteiger partial charge is 0.141 e. The molecule has 0 saturated carbocycles. The Labute approximate surface area is 131 Å². The van der Waals surface area contributed by atoms with Crippen molar-refractivity contribution in [2.45, 2.75) is 39.0 Å². The van der Waals surface area contributed by atoms with Crippen molar-refractivity contribution < 1.29 is 8.78 Å². The normalized spacial score (nSPS) is 10.1. The van der Waals surface area contributed by atoms with Crippen LogP contribution in [-0.2, 0) is 6.42 Å². The molecule has 0 atom stereocenters. The Morgan fingerprint density at radius 3 is 2.32 bits per heavy atom. The van der Waals surface area contributed by atoms with Crippen molar-refractivity contribution in [2.24, 2.45) is 0 Å². The first-order valence-electron chi connectivity index (χ1n) is 7.75. The SMILES string of the molecule is CCCCCCc1ccc(C#Cc2ccc(F)cc2F)cc1. The number of hydrogen-bond donors (Lipinski definition) is 0. The Bertz CT molecular complexity index is 660. The number of aryl methyl sites for hydroxylation is 1. The van der Waals surface area contributed by atoms with Crippen molar-refractivity contribution in [3.8, 4) is 11.8 Å². The molecular formula is C20H20F2. The van der Waals surface area contributed by atoms with Gasteiger partial charge in [-0.2, -0.15) is 0 Å². The van der Waals surface area contributed by atoms with Crippen LogP contribution in [0.4, 0.5) is 8.78 Å². The maximum Gasteiger partial charge on any atom is 0.141 e. The van der Waals surface area contributed by atoms with Crippen LogP contribution in [0.2, 0.25) is 0 Å². The molecule has 0 amide bonds. The minimum atomic E-state index is -0.625. The van der Waals surface area contributed by atoms with Gasteiger partial charge in [-0.15, -0.1) is 0 Å². The zero-order chi connectivity index (χ0) is 15.8. The molecule has 2 aromatic rings. The van der Waals surface area contributed by atoms with Gasteiger partial charge in [0, 0.05) is 11.6 Å². The minimum Gasteiger partial charge on any atom is -0.207 e. The quantitative estimate of drug-likeness (QED) is 0.506. The second-order valence-electron chi connectivity index (χ2n) is 5.38. The van der Waals surface area contributed by atoms with Gasteiger partial charge in [0.1, 0.15) is 11.6 Å². The standard InChI is InChI=1S/C20H20F2/c1-2-3-4-5-6-16-7-9-17(10-8-16)11-12-18-13-14-19(21)15-20(18)22/h7-10,13-15H,2-6H2,1H3. The van der Waals surface area contributed by atoms with Gasteiger partial charge in [0.25, 0.3) is 0 Å². The molecule has 114 valence electrons. The van der Waals surface area contributed by atoms with Gasteiger partial charge in [0.2, 0.25) is 0 Å². The van der Waals surface area contributed by atoms with Crippen LogP contribution in [0.5, 0.6) is 0 Å². The van der Waals surface area contributed by atoms with Gasteiger partial charge < -0.3 is 0 Å². The van der Waals surface area contributed by atoms with Crippen LogP contribution in [0.1, 0.15) is 49.3 Å². The third-order valence-corrected chi connectivity index (χ3v) is 3.55. The highest BCUT2D eigenvalue weighted by atomic mass is 19.1. The first-order valence-corrected chi connectivity index (χ1v) is 7.75. The molecule has 2 rings (SSSR count). The van der Waals surface area contributed by atoms with E-state index in [1.54, 1.807) is 0 Å². The van der Waals surface area contributed by atoms with E-state index in [-0.39, 0.29) is 5.56 Å². The summed E-state index contributed by atoms with van der Waals surface area (Å²) in [6, 6.07) is 11.5. The fourth-order valence-corrected chi connectivity index (χ4v) is 2.24. The molecule has 0 spiro atoms. The molecule has 2 heteroatoms. The van der Waals surface area contributed by atoms with Crippen LogP contribution in [0.15, 0.2) is 42.5 Å². The summed E-state index contributed by atoms with van der Waals surface area (Å²) < 4.78 is 26.3. The fourth-order valence-electron chi connectivity index (χ4n) is 2.24. The van der Waals surface area contributed by atoms with Crippen molar-refractivity contribution in [2.75, 3.05) is 0 Å². The van der Waals surface area contributed by atoms with E-state index in [2.05, 4.69) is 30.9 Å². The molecule has 0 fully saturated rings. The molecular weight excluding hydrogens is 278 g/mol. The van der Waals surface area contributed by atoms with E-state index in [0.717, 1.165) is 18.1 Å². The first kappa shape index (κ1) is 16.2. The van der Waals surface area contributed by atoms with Crippen molar-refractivity contribution in [3.63, 3.8) is 0 Å². The van der Waals surface area contributed by atoms with E-state index in [1.165, 1.54) is 43.4 Å². The molecule has 2 aromatic carbocycles. The number of rotatable bonds is 5. The number of benzene rings is 2. The molecule has 0 aliphatic rings. The van der Waals surface area contributed by atoms with Crippen LogP contribution in [-0.4, -0.2) is 0 Å². The fraction of sp³-hybridized carbons (Fsp3) is 0.300. The monoisotopic (exact) mass is 298 g/mol. The van der Waals surface area contributed by atoms with Crippen molar-refractivity contribution in [3.05, 3.63) is 70.8 Å². The van der Waals surface area contributed by atoms with E-state index in [9.17, 15) is 8.78 Å². The molecule has 0 unspecified atom stereocenters. The Morgan fingerprint density at radius 2 is 1.64 bits per heavy atom. The predicted molar refractivity (Wildman–Crippen MR) is 86.6 cm³/mol. The summed E-state index contributed by atoms with van der Waals surface area (Å²) in [5.41, 5.74) is 2.35. The van der Waals surface area contributed by atoms with E-state index in [0.29, 0.717) is 0 Å². The summed E-state index contributed by atoms with van der Waals surface area (Å²) in [4.78, 5) is 0. The third kappa shape index (κ3) is 5.00. The molecule has 0 bridgehead atoms. The highest BCUT2D eigenvalue weighted by molar-refractivity contribution is 5.44. The summed E-state index contributed by atoms with van der Waals surface area (Å²) in [7, 11) is 0. The van der Waals surface area contributed by atoms with Gasteiger partial charge >= 0.3 is 0 Å². The van der Waals surface area contributed by atoms with E-state index >= 15 is 0 Å². The summed E-state index contributed by atoms with van der Waals surface area (Å²) in [6.45, 7) is 2.21. The number of hydrogen-bond acceptors (Lipinski definition) is 0. The summed E-state index contributed by atoms with van der Waals surface area (Å²) in [5.74, 6) is 4.44. The average molecular weight is 298 g/mol. The van der Waals surface area contributed by atoms with E-state index in [4.69, 9.17) is 0 Å². The van der Waals surface area contributed by atoms with E-state index in [1.807, 2.05) is 12.1 Å². The third-order valence-electron chi connectivity index (χ3n) is 3.55. The second kappa shape index (κ2) is 8.34. The maximum atomic E-state index is 13.5. The topological polar surface area (TPSA) is 0 Å². The van der Waals surface area contributed by atoms with Gasteiger partial charge in [-0.25, -0.2) is 8.78 Å². The second-order valence-corrected chi connectivity index (χ2v) is 5.38. The van der Waals surface area contributed by atoms with Crippen molar-refractivity contribution >= 4 is 0 Å². The Hall–Kier alpha value is -2.14. The number of halogens is 2. The summed E-state index contributed by atoms with van der Waals surface area (Å²) >= 11 is 0. The lowest BCUT2D eigenvalue weighted by molar-refractivity contribution is 0.581. The lowest BCUT2D eigenvalue weighted by Gasteiger charge is -2.01. The summed E-state index contributed by atoms with van der Waals surface area (Å²) in [6.07, 6.45) is 6.09. The largest absolute Gasteiger partial charge is 0.207 e. The lowest BCUT2D eigenvalue weighted by Crippen LogP contribution is -1.87. The van der Waals surface area contributed by atoms with Crippen molar-refractivity contribution in [1.82, 2.24) is 0 Å². The maximum absolute atomic E-state index is 13.5. The number of unbranched alkanes of at least 4 members (excludes halogenated alkanes) is 3. The highest BCUT2D eigenvalue weighted by Gasteiger charge is 2.00. The molecule has 0 N–H and O–H groups in total. The molecule has 22 heavy (non-hydrogen) atoms.